The number of carbonyl (C=O) groups excluding carboxylic acids is 1. The third kappa shape index (κ3) is 2.90. The summed E-state index contributed by atoms with van der Waals surface area (Å²) in [6.07, 6.45) is 1.71. The lowest BCUT2D eigenvalue weighted by atomic mass is 10.3. The Balaban J connectivity index is 1.90. The molecule has 18 heavy (non-hydrogen) atoms. The Morgan fingerprint density at radius 1 is 1.44 bits per heavy atom. The molecule has 96 valence electrons. The fraction of sp³-hybridized carbons (Fsp3) is 0.500. The normalized spacial score (nSPS) is 10.6. The molecular formula is C10H14N6O2. The molecule has 2 aromatic rings. The number of aromatic nitrogens is 5. The number of H-pyrrole nitrogens is 1. The molecule has 8 nitrogen and oxygen atoms in total. The number of rotatable bonds is 5. The van der Waals surface area contributed by atoms with E-state index in [1.165, 1.54) is 0 Å². The Morgan fingerprint density at radius 2 is 2.28 bits per heavy atom. The molecule has 2 rings (SSSR count). The minimum Gasteiger partial charge on any atom is -0.340 e. The van der Waals surface area contributed by atoms with Crippen molar-refractivity contribution in [2.75, 3.05) is 0 Å². The van der Waals surface area contributed by atoms with E-state index in [1.807, 2.05) is 6.92 Å². The molecule has 0 unspecified atom stereocenters. The van der Waals surface area contributed by atoms with E-state index in [0.717, 1.165) is 12.8 Å². The van der Waals surface area contributed by atoms with Gasteiger partial charge in [0.05, 0.1) is 6.54 Å². The van der Waals surface area contributed by atoms with E-state index in [9.17, 15) is 4.79 Å². The second-order valence-electron chi connectivity index (χ2n) is 3.77. The summed E-state index contributed by atoms with van der Waals surface area (Å²) in [5.74, 6) is 1.34. The lowest BCUT2D eigenvalue weighted by Crippen LogP contribution is -2.24. The monoisotopic (exact) mass is 250 g/mol. The summed E-state index contributed by atoms with van der Waals surface area (Å²) in [7, 11) is 0. The van der Waals surface area contributed by atoms with Crippen LogP contribution >= 0.6 is 0 Å². The van der Waals surface area contributed by atoms with E-state index in [4.69, 9.17) is 4.52 Å². The van der Waals surface area contributed by atoms with E-state index in [2.05, 4.69) is 30.6 Å². The number of amides is 1. The third-order valence-corrected chi connectivity index (χ3v) is 2.19. The lowest BCUT2D eigenvalue weighted by Gasteiger charge is -1.96. The number of nitrogens with zero attached hydrogens (tertiary/aromatic N) is 4. The minimum atomic E-state index is -0.371. The number of hydrogen-bond donors (Lipinski definition) is 2. The Bertz CT molecular complexity index is 532. The van der Waals surface area contributed by atoms with Crippen molar-refractivity contribution in [3.05, 3.63) is 23.4 Å². The van der Waals surface area contributed by atoms with Gasteiger partial charge in [-0.1, -0.05) is 12.1 Å². The standard InChI is InChI=1S/C10H14N6O2/c1-3-4-7-13-9(15-14-7)10(17)11-5-8-12-6(2)16-18-8/h3-5H2,1-2H3,(H,11,17)(H,13,14,15). The van der Waals surface area contributed by atoms with Gasteiger partial charge < -0.3 is 9.84 Å². The van der Waals surface area contributed by atoms with Crippen LogP contribution in [-0.2, 0) is 13.0 Å². The molecule has 0 aromatic carbocycles. The number of aryl methyl sites for hydroxylation is 2. The van der Waals surface area contributed by atoms with Gasteiger partial charge in [-0.05, 0) is 13.3 Å². The molecule has 2 aromatic heterocycles. The van der Waals surface area contributed by atoms with Crippen molar-refractivity contribution in [3.8, 4) is 0 Å². The molecule has 0 spiro atoms. The minimum absolute atomic E-state index is 0.120. The highest BCUT2D eigenvalue weighted by Crippen LogP contribution is 1.98. The van der Waals surface area contributed by atoms with Crippen molar-refractivity contribution in [2.24, 2.45) is 0 Å². The van der Waals surface area contributed by atoms with Gasteiger partial charge in [0.2, 0.25) is 11.7 Å². The molecule has 1 amide bonds. The highest BCUT2D eigenvalue weighted by molar-refractivity contribution is 5.90. The van der Waals surface area contributed by atoms with Crippen LogP contribution in [0.25, 0.3) is 0 Å². The highest BCUT2D eigenvalue weighted by atomic mass is 16.5. The Kier molecular flexibility index (Phi) is 3.66. The fourth-order valence-electron chi connectivity index (χ4n) is 1.39. The molecule has 8 heteroatoms. The summed E-state index contributed by atoms with van der Waals surface area (Å²) in [6.45, 7) is 3.90. The Labute approximate surface area is 103 Å². The van der Waals surface area contributed by atoms with Crippen LogP contribution in [0.4, 0.5) is 0 Å². The second kappa shape index (κ2) is 5.39. The van der Waals surface area contributed by atoms with Gasteiger partial charge in [-0.2, -0.15) is 4.98 Å². The predicted molar refractivity (Wildman–Crippen MR) is 60.6 cm³/mol. The van der Waals surface area contributed by atoms with Gasteiger partial charge in [0, 0.05) is 6.42 Å². The van der Waals surface area contributed by atoms with Crippen LogP contribution in [0.2, 0.25) is 0 Å². The zero-order chi connectivity index (χ0) is 13.0. The summed E-state index contributed by atoms with van der Waals surface area (Å²) in [5.41, 5.74) is 0. The molecular weight excluding hydrogens is 236 g/mol. The lowest BCUT2D eigenvalue weighted by molar-refractivity contribution is 0.0936. The van der Waals surface area contributed by atoms with E-state index < -0.39 is 0 Å². The van der Waals surface area contributed by atoms with Crippen LogP contribution in [0.15, 0.2) is 4.52 Å². The van der Waals surface area contributed by atoms with Crippen LogP contribution in [-0.4, -0.2) is 31.2 Å². The van der Waals surface area contributed by atoms with Gasteiger partial charge in [0.25, 0.3) is 5.91 Å². The van der Waals surface area contributed by atoms with E-state index in [-0.39, 0.29) is 18.3 Å². The van der Waals surface area contributed by atoms with Crippen molar-refractivity contribution in [3.63, 3.8) is 0 Å². The maximum atomic E-state index is 11.7. The summed E-state index contributed by atoms with van der Waals surface area (Å²) >= 11 is 0. The van der Waals surface area contributed by atoms with Crippen molar-refractivity contribution in [2.45, 2.75) is 33.2 Å². The van der Waals surface area contributed by atoms with Gasteiger partial charge >= 0.3 is 0 Å². The molecule has 0 saturated heterocycles. The average Bonchev–Trinajstić information content (AvgIpc) is 2.96. The number of nitrogens with one attached hydrogen (secondary N) is 2. The summed E-state index contributed by atoms with van der Waals surface area (Å²) in [6, 6.07) is 0. The van der Waals surface area contributed by atoms with Crippen LogP contribution in [0.5, 0.6) is 0 Å². The predicted octanol–water partition coefficient (Wildman–Crippen LogP) is 0.379. The van der Waals surface area contributed by atoms with Gasteiger partial charge in [0.1, 0.15) is 5.82 Å². The van der Waals surface area contributed by atoms with Crippen LogP contribution in [0, 0.1) is 6.92 Å². The van der Waals surface area contributed by atoms with Gasteiger partial charge in [-0.25, -0.2) is 4.98 Å². The summed E-state index contributed by atoms with van der Waals surface area (Å²) in [5, 5.41) is 12.8. The van der Waals surface area contributed by atoms with E-state index >= 15 is 0 Å². The van der Waals surface area contributed by atoms with Crippen molar-refractivity contribution < 1.29 is 9.32 Å². The molecule has 2 N–H and O–H groups in total. The summed E-state index contributed by atoms with van der Waals surface area (Å²) < 4.78 is 4.87. The zero-order valence-corrected chi connectivity index (χ0v) is 10.2. The van der Waals surface area contributed by atoms with Crippen molar-refractivity contribution in [1.29, 1.82) is 0 Å². The zero-order valence-electron chi connectivity index (χ0n) is 10.2. The van der Waals surface area contributed by atoms with E-state index in [1.54, 1.807) is 6.92 Å². The fourth-order valence-corrected chi connectivity index (χ4v) is 1.39. The summed E-state index contributed by atoms with van der Waals surface area (Å²) in [4.78, 5) is 19.7. The molecule has 0 aliphatic heterocycles. The van der Waals surface area contributed by atoms with Crippen LogP contribution < -0.4 is 5.32 Å². The molecule has 0 atom stereocenters. The first-order valence-electron chi connectivity index (χ1n) is 5.67. The third-order valence-electron chi connectivity index (χ3n) is 2.19. The Hall–Kier alpha value is -2.25. The molecule has 0 aliphatic rings. The number of carbonyl (C=O) groups is 1. The smallest absolute Gasteiger partial charge is 0.291 e. The van der Waals surface area contributed by atoms with Gasteiger partial charge in [-0.3, -0.25) is 9.89 Å². The molecule has 0 radical (unpaired) electrons. The SMILES string of the molecule is CCCc1nc(C(=O)NCc2nc(C)no2)n[nH]1. The average molecular weight is 250 g/mol. The second-order valence-corrected chi connectivity index (χ2v) is 3.77. The first-order valence-corrected chi connectivity index (χ1v) is 5.67. The van der Waals surface area contributed by atoms with Crippen molar-refractivity contribution >= 4 is 5.91 Å². The van der Waals surface area contributed by atoms with Gasteiger partial charge in [-0.15, -0.1) is 5.10 Å². The topological polar surface area (TPSA) is 110 Å². The quantitative estimate of drug-likeness (QED) is 0.793. The van der Waals surface area contributed by atoms with Gasteiger partial charge in [0.15, 0.2) is 5.82 Å². The number of hydrogen-bond acceptors (Lipinski definition) is 6. The molecule has 2 heterocycles. The van der Waals surface area contributed by atoms with Crippen LogP contribution in [0.1, 0.15) is 41.5 Å². The highest BCUT2D eigenvalue weighted by Gasteiger charge is 2.13. The van der Waals surface area contributed by atoms with E-state index in [0.29, 0.717) is 17.5 Å². The molecule has 0 saturated carbocycles. The largest absolute Gasteiger partial charge is 0.340 e. The molecule has 0 bridgehead atoms. The van der Waals surface area contributed by atoms with Crippen LogP contribution in [0.3, 0.4) is 0 Å². The first-order chi connectivity index (χ1) is 8.69. The maximum absolute atomic E-state index is 11.7. The number of aromatic amines is 1. The molecule has 0 fully saturated rings. The first kappa shape index (κ1) is 12.2. The molecule has 0 aliphatic carbocycles. The maximum Gasteiger partial charge on any atom is 0.291 e. The Morgan fingerprint density at radius 3 is 2.94 bits per heavy atom. The van der Waals surface area contributed by atoms with Crippen molar-refractivity contribution in [1.82, 2.24) is 30.6 Å².